The van der Waals surface area contributed by atoms with Gasteiger partial charge in [0.05, 0.1) is 43.0 Å². The van der Waals surface area contributed by atoms with Gasteiger partial charge in [-0.1, -0.05) is 6.07 Å². The number of thiophene rings is 1. The fourth-order valence-corrected chi connectivity index (χ4v) is 4.93. The summed E-state index contributed by atoms with van der Waals surface area (Å²) in [6, 6.07) is 7.89. The van der Waals surface area contributed by atoms with E-state index in [-0.39, 0.29) is 10.6 Å². The lowest BCUT2D eigenvalue weighted by atomic mass is 10.2. The molecule has 1 aliphatic rings. The minimum absolute atomic E-state index is 0.0366. The zero-order chi connectivity index (χ0) is 18.7. The van der Waals surface area contributed by atoms with Crippen LogP contribution in [-0.2, 0) is 16.6 Å². The van der Waals surface area contributed by atoms with Gasteiger partial charge in [-0.25, -0.2) is 8.42 Å². The maximum absolute atomic E-state index is 12.8. The van der Waals surface area contributed by atoms with E-state index in [1.807, 2.05) is 24.6 Å². The van der Waals surface area contributed by atoms with Crippen molar-refractivity contribution in [2.45, 2.75) is 11.4 Å². The molecule has 8 nitrogen and oxygen atoms in total. The number of hydrogen-bond donors (Lipinski definition) is 2. The number of nitrogens with zero attached hydrogens (tertiary/aromatic N) is 2. The first kappa shape index (κ1) is 18.8. The van der Waals surface area contributed by atoms with Crippen molar-refractivity contribution < 1.29 is 18.2 Å². The zero-order valence-corrected chi connectivity index (χ0v) is 16.0. The Morgan fingerprint density at radius 2 is 2.04 bits per heavy atom. The van der Waals surface area contributed by atoms with Crippen molar-refractivity contribution in [3.8, 4) is 0 Å². The summed E-state index contributed by atoms with van der Waals surface area (Å²) in [6.07, 6.45) is 0. The van der Waals surface area contributed by atoms with Crippen molar-refractivity contribution in [2.75, 3.05) is 38.5 Å². The van der Waals surface area contributed by atoms with Gasteiger partial charge in [0.1, 0.15) is 5.69 Å². The van der Waals surface area contributed by atoms with Gasteiger partial charge in [-0.05, 0) is 23.6 Å². The number of quaternary nitrogens is 1. The highest BCUT2D eigenvalue weighted by Crippen LogP contribution is 2.29. The fourth-order valence-electron chi connectivity index (χ4n) is 2.83. The van der Waals surface area contributed by atoms with E-state index in [1.54, 1.807) is 11.3 Å². The van der Waals surface area contributed by atoms with E-state index in [4.69, 9.17) is 0 Å². The smallest absolute Gasteiger partial charge is 0.293 e. The molecule has 0 unspecified atom stereocenters. The molecule has 0 radical (unpaired) electrons. The largest absolute Gasteiger partial charge is 0.375 e. The van der Waals surface area contributed by atoms with Gasteiger partial charge in [0.25, 0.3) is 5.69 Å². The molecule has 0 atom stereocenters. The Bertz CT molecular complexity index is 876. The number of piperazine rings is 1. The predicted molar refractivity (Wildman–Crippen MR) is 100 cm³/mol. The van der Waals surface area contributed by atoms with Crippen LogP contribution in [0.5, 0.6) is 0 Å². The molecule has 1 aromatic carbocycles. The molecule has 140 valence electrons. The summed E-state index contributed by atoms with van der Waals surface area (Å²) in [4.78, 5) is 13.2. The zero-order valence-electron chi connectivity index (χ0n) is 14.3. The third-order valence-electron chi connectivity index (χ3n) is 4.41. The van der Waals surface area contributed by atoms with E-state index in [1.165, 1.54) is 21.3 Å². The standard InChI is InChI=1S/C16H20N4O4S2/c1-18-6-8-19(9-7-18)26(23,24)14-4-5-15(16(11-14)20(21)22)17-12-13-3-2-10-25-13/h2-5,10-11,17H,6-9,12H2,1H3/p+1. The highest BCUT2D eigenvalue weighted by molar-refractivity contribution is 7.89. The Kier molecular flexibility index (Phi) is 5.56. The van der Waals surface area contributed by atoms with Crippen LogP contribution in [0, 0.1) is 10.1 Å². The van der Waals surface area contributed by atoms with Crippen LogP contribution in [0.1, 0.15) is 4.88 Å². The average Bonchev–Trinajstić information content (AvgIpc) is 3.13. The molecule has 0 bridgehead atoms. The van der Waals surface area contributed by atoms with E-state index in [9.17, 15) is 18.5 Å². The summed E-state index contributed by atoms with van der Waals surface area (Å²) in [5, 5.41) is 16.4. The lowest BCUT2D eigenvalue weighted by molar-refractivity contribution is -0.883. The van der Waals surface area contributed by atoms with Gasteiger partial charge in [0, 0.05) is 17.5 Å². The second-order valence-corrected chi connectivity index (χ2v) is 9.20. The van der Waals surface area contributed by atoms with Crippen LogP contribution in [0.2, 0.25) is 0 Å². The SMILES string of the molecule is C[NH+]1CCN(S(=O)(=O)c2ccc(NCc3cccs3)c([N+](=O)[O-])c2)CC1. The van der Waals surface area contributed by atoms with Gasteiger partial charge in [0.15, 0.2) is 0 Å². The highest BCUT2D eigenvalue weighted by Gasteiger charge is 2.31. The van der Waals surface area contributed by atoms with E-state index < -0.39 is 14.9 Å². The first-order chi connectivity index (χ1) is 12.4. The van der Waals surface area contributed by atoms with Crippen LogP contribution in [0.4, 0.5) is 11.4 Å². The van der Waals surface area contributed by atoms with Gasteiger partial charge in [-0.2, -0.15) is 4.31 Å². The van der Waals surface area contributed by atoms with Gasteiger partial charge in [0.2, 0.25) is 10.0 Å². The number of likely N-dealkylation sites (N-methyl/N-ethyl adjacent to an activating group) is 1. The van der Waals surface area contributed by atoms with Crippen LogP contribution in [0.15, 0.2) is 40.6 Å². The van der Waals surface area contributed by atoms with Crippen molar-refractivity contribution in [3.05, 3.63) is 50.7 Å². The number of nitrogens with one attached hydrogen (secondary N) is 2. The number of sulfonamides is 1. The van der Waals surface area contributed by atoms with Crippen molar-refractivity contribution in [1.82, 2.24) is 4.31 Å². The van der Waals surface area contributed by atoms with E-state index >= 15 is 0 Å². The maximum atomic E-state index is 12.8. The highest BCUT2D eigenvalue weighted by atomic mass is 32.2. The lowest BCUT2D eigenvalue weighted by Crippen LogP contribution is -3.12. The van der Waals surface area contributed by atoms with Gasteiger partial charge >= 0.3 is 0 Å². The van der Waals surface area contributed by atoms with Gasteiger partial charge < -0.3 is 10.2 Å². The Morgan fingerprint density at radius 1 is 1.31 bits per heavy atom. The second kappa shape index (κ2) is 7.70. The molecular formula is C16H21N4O4S2+. The normalized spacial score (nSPS) is 16.5. The van der Waals surface area contributed by atoms with Crippen molar-refractivity contribution in [2.24, 2.45) is 0 Å². The molecule has 2 aromatic rings. The number of nitro benzene ring substituents is 1. The molecule has 0 spiro atoms. The molecule has 2 heterocycles. The molecule has 2 N–H and O–H groups in total. The molecule has 1 saturated heterocycles. The first-order valence-corrected chi connectivity index (χ1v) is 10.6. The quantitative estimate of drug-likeness (QED) is 0.555. The number of rotatable bonds is 6. The Balaban J connectivity index is 1.84. The van der Waals surface area contributed by atoms with Crippen LogP contribution >= 0.6 is 11.3 Å². The molecule has 1 aliphatic heterocycles. The summed E-state index contributed by atoms with van der Waals surface area (Å²) >= 11 is 1.55. The van der Waals surface area contributed by atoms with Gasteiger partial charge in [-0.15, -0.1) is 11.3 Å². The van der Waals surface area contributed by atoms with E-state index in [0.29, 0.717) is 25.3 Å². The molecule has 26 heavy (non-hydrogen) atoms. The molecule has 1 aromatic heterocycles. The Morgan fingerprint density at radius 3 is 2.65 bits per heavy atom. The molecule has 1 fully saturated rings. The van der Waals surface area contributed by atoms with Gasteiger partial charge in [-0.3, -0.25) is 10.1 Å². The summed E-state index contributed by atoms with van der Waals surface area (Å²) in [6.45, 7) is 2.73. The summed E-state index contributed by atoms with van der Waals surface area (Å²) in [5.74, 6) is 0. The lowest BCUT2D eigenvalue weighted by Gasteiger charge is -2.29. The minimum atomic E-state index is -3.73. The molecule has 3 rings (SSSR count). The Hall–Kier alpha value is -2.01. The predicted octanol–water partition coefficient (Wildman–Crippen LogP) is 0.787. The number of hydrogen-bond acceptors (Lipinski definition) is 6. The molecular weight excluding hydrogens is 376 g/mol. The topological polar surface area (TPSA) is 97.0 Å². The van der Waals surface area contributed by atoms with Crippen LogP contribution in [-0.4, -0.2) is 50.9 Å². The van der Waals surface area contributed by atoms with Crippen molar-refractivity contribution >= 4 is 32.7 Å². The molecule has 0 amide bonds. The molecule has 0 saturated carbocycles. The summed E-state index contributed by atoms with van der Waals surface area (Å²) in [7, 11) is -1.71. The van der Waals surface area contributed by atoms with Crippen molar-refractivity contribution in [1.29, 1.82) is 0 Å². The maximum Gasteiger partial charge on any atom is 0.293 e. The minimum Gasteiger partial charge on any atom is -0.375 e. The summed E-state index contributed by atoms with van der Waals surface area (Å²) in [5.41, 5.74) is 0.0764. The summed E-state index contributed by atoms with van der Waals surface area (Å²) < 4.78 is 27.0. The van der Waals surface area contributed by atoms with E-state index in [2.05, 4.69) is 5.32 Å². The average molecular weight is 398 g/mol. The molecule has 0 aliphatic carbocycles. The second-order valence-electron chi connectivity index (χ2n) is 6.23. The third kappa shape index (κ3) is 4.04. The number of benzene rings is 1. The monoisotopic (exact) mass is 397 g/mol. The van der Waals surface area contributed by atoms with E-state index in [0.717, 1.165) is 24.0 Å². The van der Waals surface area contributed by atoms with Crippen LogP contribution < -0.4 is 10.2 Å². The van der Waals surface area contributed by atoms with Crippen molar-refractivity contribution in [3.63, 3.8) is 0 Å². The Labute approximate surface area is 156 Å². The van der Waals surface area contributed by atoms with Crippen LogP contribution in [0.3, 0.4) is 0 Å². The first-order valence-electron chi connectivity index (χ1n) is 8.24. The number of nitro groups is 1. The molecule has 10 heteroatoms. The number of anilines is 1. The van der Waals surface area contributed by atoms with Crippen LogP contribution in [0.25, 0.3) is 0 Å². The third-order valence-corrected chi connectivity index (χ3v) is 7.18. The fraction of sp³-hybridized carbons (Fsp3) is 0.375.